The fourth-order valence-corrected chi connectivity index (χ4v) is 4.36. The molecule has 0 spiro atoms. The van der Waals surface area contributed by atoms with Gasteiger partial charge in [0.05, 0.1) is 25.0 Å². The van der Waals surface area contributed by atoms with E-state index in [2.05, 4.69) is 15.6 Å². The van der Waals surface area contributed by atoms with E-state index in [1.807, 2.05) is 19.1 Å². The molecular formula is C23H25N5O5. The second-order valence-electron chi connectivity index (χ2n) is 8.35. The predicted molar refractivity (Wildman–Crippen MR) is 118 cm³/mol. The first-order valence-electron chi connectivity index (χ1n) is 10.6. The van der Waals surface area contributed by atoms with E-state index >= 15 is 0 Å². The molecule has 4 N–H and O–H groups in total. The van der Waals surface area contributed by atoms with Crippen molar-refractivity contribution < 1.29 is 23.9 Å². The van der Waals surface area contributed by atoms with E-state index < -0.39 is 17.7 Å². The van der Waals surface area contributed by atoms with E-state index in [0.717, 1.165) is 17.5 Å². The lowest BCUT2D eigenvalue weighted by Crippen LogP contribution is -2.46. The largest absolute Gasteiger partial charge is 0.480 e. The molecule has 0 aliphatic carbocycles. The van der Waals surface area contributed by atoms with E-state index in [9.17, 15) is 19.2 Å². The van der Waals surface area contributed by atoms with Gasteiger partial charge in [-0.3, -0.25) is 19.2 Å². The average molecular weight is 451 g/mol. The number of rotatable bonds is 4. The number of amides is 4. The monoisotopic (exact) mass is 451 g/mol. The molecule has 10 heteroatoms. The van der Waals surface area contributed by atoms with E-state index in [0.29, 0.717) is 25.1 Å². The van der Waals surface area contributed by atoms with Gasteiger partial charge in [0.2, 0.25) is 5.88 Å². The first-order chi connectivity index (χ1) is 15.8. The minimum Gasteiger partial charge on any atom is -0.480 e. The van der Waals surface area contributed by atoms with Crippen molar-refractivity contribution in [2.45, 2.75) is 32.4 Å². The molecule has 0 radical (unpaired) electrons. The normalized spacial score (nSPS) is 19.5. The number of hydrogen-bond donors (Lipinski definition) is 3. The number of ether oxygens (including phenoxy) is 1. The van der Waals surface area contributed by atoms with Crippen molar-refractivity contribution in [2.75, 3.05) is 19.0 Å². The fraction of sp³-hybridized carbons (Fsp3) is 0.348. The van der Waals surface area contributed by atoms with Gasteiger partial charge >= 0.3 is 11.8 Å². The highest BCUT2D eigenvalue weighted by molar-refractivity contribution is 6.39. The van der Waals surface area contributed by atoms with Crippen molar-refractivity contribution in [2.24, 2.45) is 11.7 Å². The maximum Gasteiger partial charge on any atom is 0.313 e. The van der Waals surface area contributed by atoms with E-state index in [1.165, 1.54) is 19.4 Å². The Bertz CT molecular complexity index is 1150. The molecule has 4 amide bonds. The van der Waals surface area contributed by atoms with Gasteiger partial charge in [-0.1, -0.05) is 19.1 Å². The van der Waals surface area contributed by atoms with Gasteiger partial charge in [-0.25, -0.2) is 4.98 Å². The van der Waals surface area contributed by atoms with Crippen LogP contribution in [0.3, 0.4) is 0 Å². The Morgan fingerprint density at radius 3 is 2.76 bits per heavy atom. The topological polar surface area (TPSA) is 144 Å². The molecule has 0 bridgehead atoms. The molecule has 33 heavy (non-hydrogen) atoms. The summed E-state index contributed by atoms with van der Waals surface area (Å²) in [6, 6.07) is 6.58. The van der Waals surface area contributed by atoms with Crippen molar-refractivity contribution in [3.05, 3.63) is 52.7 Å². The lowest BCUT2D eigenvalue weighted by atomic mass is 9.88. The number of nitrogens with zero attached hydrogens (tertiary/aromatic N) is 2. The number of methoxy groups -OCH3 is 1. The summed E-state index contributed by atoms with van der Waals surface area (Å²) in [6.45, 7) is 2.91. The number of piperidine rings is 1. The second kappa shape index (κ2) is 8.89. The van der Waals surface area contributed by atoms with E-state index in [-0.39, 0.29) is 35.0 Å². The SMILES string of the molecule is COc1ncc(NC(=O)C(=O)N2C[C@@H](C)CC[C@@H]2c2ccc3c(c2)CNC3=O)cc1C(N)=O. The van der Waals surface area contributed by atoms with E-state index in [4.69, 9.17) is 10.5 Å². The van der Waals surface area contributed by atoms with Crippen molar-refractivity contribution >= 4 is 29.3 Å². The quantitative estimate of drug-likeness (QED) is 0.599. The molecule has 1 aromatic carbocycles. The number of pyridine rings is 1. The van der Waals surface area contributed by atoms with Crippen LogP contribution in [0.25, 0.3) is 0 Å². The predicted octanol–water partition coefficient (Wildman–Crippen LogP) is 1.37. The average Bonchev–Trinajstić information content (AvgIpc) is 3.18. The Morgan fingerprint density at radius 1 is 1.24 bits per heavy atom. The third-order valence-electron chi connectivity index (χ3n) is 6.04. The number of fused-ring (bicyclic) bond motifs is 1. The maximum absolute atomic E-state index is 13.2. The zero-order valence-corrected chi connectivity index (χ0v) is 18.4. The van der Waals surface area contributed by atoms with Crippen LogP contribution >= 0.6 is 0 Å². The minimum atomic E-state index is -0.838. The lowest BCUT2D eigenvalue weighted by molar-refractivity contribution is -0.146. The number of anilines is 1. The Labute approximate surface area is 190 Å². The third-order valence-corrected chi connectivity index (χ3v) is 6.04. The van der Waals surface area contributed by atoms with Crippen molar-refractivity contribution in [3.8, 4) is 5.88 Å². The molecule has 1 saturated heterocycles. The van der Waals surface area contributed by atoms with Gasteiger partial charge in [-0.15, -0.1) is 0 Å². The molecule has 2 atom stereocenters. The number of nitrogens with one attached hydrogen (secondary N) is 2. The van der Waals surface area contributed by atoms with Crippen LogP contribution in [0.2, 0.25) is 0 Å². The number of hydrogen-bond acceptors (Lipinski definition) is 6. The molecule has 2 aliphatic heterocycles. The molecule has 10 nitrogen and oxygen atoms in total. The third kappa shape index (κ3) is 4.36. The molecule has 0 unspecified atom stereocenters. The van der Waals surface area contributed by atoms with Crippen LogP contribution in [0.15, 0.2) is 30.5 Å². The van der Waals surface area contributed by atoms with Crippen LogP contribution in [0.4, 0.5) is 5.69 Å². The molecule has 2 aromatic rings. The van der Waals surface area contributed by atoms with Crippen LogP contribution in [0.1, 0.15) is 57.7 Å². The van der Waals surface area contributed by atoms with Crippen LogP contribution < -0.4 is 21.1 Å². The molecular weight excluding hydrogens is 426 g/mol. The molecule has 2 aliphatic rings. The highest BCUT2D eigenvalue weighted by Crippen LogP contribution is 2.35. The van der Waals surface area contributed by atoms with Crippen LogP contribution in [0, 0.1) is 5.92 Å². The minimum absolute atomic E-state index is 0.00600. The van der Waals surface area contributed by atoms with Gasteiger partial charge in [0, 0.05) is 18.7 Å². The summed E-state index contributed by atoms with van der Waals surface area (Å²) >= 11 is 0. The van der Waals surface area contributed by atoms with Gasteiger partial charge in [0.15, 0.2) is 0 Å². The smallest absolute Gasteiger partial charge is 0.313 e. The van der Waals surface area contributed by atoms with Gasteiger partial charge < -0.3 is 26.0 Å². The number of primary amides is 1. The zero-order chi connectivity index (χ0) is 23.7. The number of likely N-dealkylation sites (tertiary alicyclic amines) is 1. The van der Waals surface area contributed by atoms with Crippen LogP contribution in [0.5, 0.6) is 5.88 Å². The molecule has 3 heterocycles. The molecule has 172 valence electrons. The first-order valence-corrected chi connectivity index (χ1v) is 10.6. The summed E-state index contributed by atoms with van der Waals surface area (Å²) in [4.78, 5) is 55.0. The van der Waals surface area contributed by atoms with Crippen LogP contribution in [-0.4, -0.2) is 47.2 Å². The maximum atomic E-state index is 13.2. The van der Waals surface area contributed by atoms with Crippen molar-refractivity contribution in [3.63, 3.8) is 0 Å². The fourth-order valence-electron chi connectivity index (χ4n) is 4.36. The van der Waals surface area contributed by atoms with Crippen LogP contribution in [-0.2, 0) is 16.1 Å². The Morgan fingerprint density at radius 2 is 2.03 bits per heavy atom. The summed E-state index contributed by atoms with van der Waals surface area (Å²) in [5, 5.41) is 5.30. The number of carbonyl (C=O) groups excluding carboxylic acids is 4. The van der Waals surface area contributed by atoms with Gasteiger partial charge in [0.25, 0.3) is 11.8 Å². The van der Waals surface area contributed by atoms with E-state index in [1.54, 1.807) is 11.0 Å². The Hall–Kier alpha value is -3.95. The van der Waals surface area contributed by atoms with Crippen molar-refractivity contribution in [1.82, 2.24) is 15.2 Å². The standard InChI is InChI=1S/C23H25N5O5/c1-12-3-6-18(13-4-5-16-14(7-13)9-25-20(16)30)28(11-12)23(32)21(31)27-15-8-17(19(24)29)22(33-2)26-10-15/h4-5,7-8,10,12,18H,3,6,9,11H2,1-2H3,(H2,24,29)(H,25,30)(H,27,31)/t12-,18+/m0/s1. The molecule has 1 fully saturated rings. The van der Waals surface area contributed by atoms with Crippen molar-refractivity contribution in [1.29, 1.82) is 0 Å². The summed E-state index contributed by atoms with van der Waals surface area (Å²) in [5.74, 6) is -2.13. The highest BCUT2D eigenvalue weighted by atomic mass is 16.5. The molecule has 1 aromatic heterocycles. The molecule has 0 saturated carbocycles. The molecule has 4 rings (SSSR count). The summed E-state index contributed by atoms with van der Waals surface area (Å²) in [5.41, 5.74) is 7.90. The lowest BCUT2D eigenvalue weighted by Gasteiger charge is -2.38. The summed E-state index contributed by atoms with van der Waals surface area (Å²) in [6.07, 6.45) is 2.90. The van der Waals surface area contributed by atoms with Gasteiger partial charge in [-0.2, -0.15) is 0 Å². The first kappa shape index (κ1) is 22.3. The summed E-state index contributed by atoms with van der Waals surface area (Å²) in [7, 11) is 1.35. The summed E-state index contributed by atoms with van der Waals surface area (Å²) < 4.78 is 5.00. The number of carbonyl (C=O) groups is 4. The Kier molecular flexibility index (Phi) is 5.99. The van der Waals surface area contributed by atoms with Gasteiger partial charge in [0.1, 0.15) is 5.56 Å². The number of benzene rings is 1. The Balaban J connectivity index is 1.56. The number of aromatic nitrogens is 1. The highest BCUT2D eigenvalue weighted by Gasteiger charge is 2.35. The number of nitrogens with two attached hydrogens (primary N) is 1. The second-order valence-corrected chi connectivity index (χ2v) is 8.35. The zero-order valence-electron chi connectivity index (χ0n) is 18.4. The van der Waals surface area contributed by atoms with Gasteiger partial charge in [-0.05, 0) is 42.0 Å².